The summed E-state index contributed by atoms with van der Waals surface area (Å²) in [5.41, 5.74) is 4.41. The number of halogens is 1. The van der Waals surface area contributed by atoms with Crippen LogP contribution in [0.5, 0.6) is 0 Å². The second-order valence-electron chi connectivity index (χ2n) is 5.95. The summed E-state index contributed by atoms with van der Waals surface area (Å²) in [6.07, 6.45) is 15.3. The average molecular weight is 312 g/mol. The molecule has 124 valence electrons. The minimum absolute atomic E-state index is 0.121. The van der Waals surface area contributed by atoms with Crippen LogP contribution in [-0.2, 0) is 0 Å². The molecule has 0 bridgehead atoms. The molecule has 0 spiro atoms. The van der Waals surface area contributed by atoms with Crippen LogP contribution in [0.2, 0.25) is 0 Å². The fourth-order valence-electron chi connectivity index (χ4n) is 2.38. The Morgan fingerprint density at radius 1 is 1.13 bits per heavy atom. The van der Waals surface area contributed by atoms with Gasteiger partial charge in [-0.3, -0.25) is 0 Å². The molecule has 0 heterocycles. The molecule has 0 aliphatic heterocycles. The first-order valence-corrected chi connectivity index (χ1v) is 8.49. The highest BCUT2D eigenvalue weighted by Gasteiger charge is 2.10. The molecule has 1 aliphatic carbocycles. The lowest BCUT2D eigenvalue weighted by Gasteiger charge is -2.04. The summed E-state index contributed by atoms with van der Waals surface area (Å²) in [6, 6.07) is 0. The molecule has 1 rings (SSSR count). The Hall–Kier alpha value is -1.89. The first kappa shape index (κ1) is 19.2. The van der Waals surface area contributed by atoms with Crippen molar-refractivity contribution < 1.29 is 4.39 Å². The second-order valence-corrected chi connectivity index (χ2v) is 5.95. The van der Waals surface area contributed by atoms with E-state index in [0.29, 0.717) is 12.0 Å². The Kier molecular flexibility index (Phi) is 8.32. The lowest BCUT2D eigenvalue weighted by atomic mass is 10.0. The normalized spacial score (nSPS) is 14.8. The predicted octanol–water partition coefficient (Wildman–Crippen LogP) is 7.31. The van der Waals surface area contributed by atoms with Gasteiger partial charge >= 0.3 is 0 Å². The van der Waals surface area contributed by atoms with Gasteiger partial charge in [0.05, 0.1) is 0 Å². The fraction of sp³-hybridized carbons (Fsp3) is 0.364. The van der Waals surface area contributed by atoms with Crippen LogP contribution >= 0.6 is 0 Å². The monoisotopic (exact) mass is 312 g/mol. The van der Waals surface area contributed by atoms with Gasteiger partial charge in [0, 0.05) is 12.0 Å². The van der Waals surface area contributed by atoms with Crippen molar-refractivity contribution in [1.29, 1.82) is 0 Å². The molecular weight excluding hydrogens is 283 g/mol. The summed E-state index contributed by atoms with van der Waals surface area (Å²) in [7, 11) is 0. The minimum atomic E-state index is -0.121. The topological polar surface area (TPSA) is 0 Å². The van der Waals surface area contributed by atoms with E-state index in [4.69, 9.17) is 0 Å². The number of rotatable bonds is 9. The smallest absolute Gasteiger partial charge is 0.111 e. The number of hydrogen-bond donors (Lipinski definition) is 0. The van der Waals surface area contributed by atoms with E-state index in [-0.39, 0.29) is 5.83 Å². The van der Waals surface area contributed by atoms with Gasteiger partial charge < -0.3 is 0 Å². The third kappa shape index (κ3) is 6.40. The molecule has 1 aliphatic rings. The summed E-state index contributed by atoms with van der Waals surface area (Å²) in [4.78, 5) is 0. The van der Waals surface area contributed by atoms with Crippen molar-refractivity contribution in [1.82, 2.24) is 0 Å². The summed E-state index contributed by atoms with van der Waals surface area (Å²) in [6.45, 7) is 16.3. The quantitative estimate of drug-likeness (QED) is 0.309. The molecule has 0 nitrogen and oxygen atoms in total. The predicted molar refractivity (Wildman–Crippen MR) is 101 cm³/mol. The number of allylic oxidation sites excluding steroid dienone is 11. The molecule has 0 saturated carbocycles. The van der Waals surface area contributed by atoms with Crippen molar-refractivity contribution in [3.05, 3.63) is 83.8 Å². The number of unbranched alkanes of at least 4 members (excludes halogenated alkanes) is 2. The van der Waals surface area contributed by atoms with E-state index in [1.165, 1.54) is 19.3 Å². The maximum atomic E-state index is 14.1. The molecule has 23 heavy (non-hydrogen) atoms. The standard InChI is InChI=1S/C22H29F/c1-6-8-9-10-17(3)11-12-19(5)20-13-15-21(18(4)7-2)22(23)16-14-20/h11-15H,3-10,16H2,1-2H3/b12-11-. The third-order valence-electron chi connectivity index (χ3n) is 4.02. The van der Waals surface area contributed by atoms with Gasteiger partial charge in [-0.1, -0.05) is 82.4 Å². The molecule has 0 aromatic heterocycles. The van der Waals surface area contributed by atoms with Gasteiger partial charge in [-0.05, 0) is 36.0 Å². The van der Waals surface area contributed by atoms with Crippen LogP contribution in [0.4, 0.5) is 4.39 Å². The maximum Gasteiger partial charge on any atom is 0.111 e. The lowest BCUT2D eigenvalue weighted by molar-refractivity contribution is 0.610. The highest BCUT2D eigenvalue weighted by atomic mass is 19.1. The molecule has 0 N–H and O–H groups in total. The van der Waals surface area contributed by atoms with Crippen molar-refractivity contribution in [2.75, 3.05) is 0 Å². The molecule has 0 aromatic rings. The zero-order chi connectivity index (χ0) is 17.2. The van der Waals surface area contributed by atoms with Gasteiger partial charge in [0.15, 0.2) is 0 Å². The summed E-state index contributed by atoms with van der Waals surface area (Å²) >= 11 is 0. The molecule has 1 heteroatoms. The van der Waals surface area contributed by atoms with Crippen LogP contribution in [0, 0.1) is 0 Å². The highest BCUT2D eigenvalue weighted by Crippen LogP contribution is 2.27. The van der Waals surface area contributed by atoms with Crippen molar-refractivity contribution in [3.8, 4) is 0 Å². The summed E-state index contributed by atoms with van der Waals surface area (Å²) < 4.78 is 14.1. The van der Waals surface area contributed by atoms with E-state index in [0.717, 1.165) is 35.1 Å². The first-order chi connectivity index (χ1) is 11.0. The molecule has 0 saturated heterocycles. The van der Waals surface area contributed by atoms with Gasteiger partial charge in [0.2, 0.25) is 0 Å². The lowest BCUT2D eigenvalue weighted by Crippen LogP contribution is -1.86. The van der Waals surface area contributed by atoms with Gasteiger partial charge in [-0.15, -0.1) is 0 Å². The van der Waals surface area contributed by atoms with Gasteiger partial charge in [-0.2, -0.15) is 0 Å². The van der Waals surface area contributed by atoms with E-state index in [1.807, 2.05) is 37.3 Å². The highest BCUT2D eigenvalue weighted by molar-refractivity contribution is 5.52. The van der Waals surface area contributed by atoms with Gasteiger partial charge in [0.1, 0.15) is 5.83 Å². The average Bonchev–Trinajstić information content (AvgIpc) is 2.74. The van der Waals surface area contributed by atoms with Crippen molar-refractivity contribution in [3.63, 3.8) is 0 Å². The SMILES string of the molecule is C=C(/C=C\C(=C)C1=CCC(F)=C(C(=C)CC)C=C1)CCCCC. The van der Waals surface area contributed by atoms with Crippen LogP contribution in [0.3, 0.4) is 0 Å². The Morgan fingerprint density at radius 2 is 1.87 bits per heavy atom. The van der Waals surface area contributed by atoms with E-state index < -0.39 is 0 Å². The summed E-state index contributed by atoms with van der Waals surface area (Å²) in [5.74, 6) is -0.121. The number of hydrogen-bond acceptors (Lipinski definition) is 0. The zero-order valence-electron chi connectivity index (χ0n) is 14.6. The second kappa shape index (κ2) is 9.99. The third-order valence-corrected chi connectivity index (χ3v) is 4.02. The van der Waals surface area contributed by atoms with E-state index in [1.54, 1.807) is 0 Å². The van der Waals surface area contributed by atoms with Crippen molar-refractivity contribution in [2.24, 2.45) is 0 Å². The largest absolute Gasteiger partial charge is 0.211 e. The molecule has 0 fully saturated rings. The zero-order valence-corrected chi connectivity index (χ0v) is 14.6. The molecule has 0 radical (unpaired) electrons. The van der Waals surface area contributed by atoms with Crippen LogP contribution in [0.25, 0.3) is 0 Å². The Balaban J connectivity index is 2.69. The van der Waals surface area contributed by atoms with Crippen molar-refractivity contribution >= 4 is 0 Å². The summed E-state index contributed by atoms with van der Waals surface area (Å²) in [5, 5.41) is 0. The van der Waals surface area contributed by atoms with Gasteiger partial charge in [-0.25, -0.2) is 4.39 Å². The van der Waals surface area contributed by atoms with Crippen molar-refractivity contribution in [2.45, 2.75) is 52.4 Å². The minimum Gasteiger partial charge on any atom is -0.211 e. The molecule has 0 unspecified atom stereocenters. The van der Waals surface area contributed by atoms with Crippen LogP contribution in [0.1, 0.15) is 52.4 Å². The molecule has 0 aromatic carbocycles. The van der Waals surface area contributed by atoms with Crippen LogP contribution < -0.4 is 0 Å². The van der Waals surface area contributed by atoms with Gasteiger partial charge in [0.25, 0.3) is 0 Å². The molecule has 0 atom stereocenters. The fourth-order valence-corrected chi connectivity index (χ4v) is 2.38. The Bertz CT molecular complexity index is 579. The van der Waals surface area contributed by atoms with Crippen LogP contribution in [0.15, 0.2) is 83.8 Å². The maximum absolute atomic E-state index is 14.1. The van der Waals surface area contributed by atoms with E-state index in [9.17, 15) is 4.39 Å². The van der Waals surface area contributed by atoms with Crippen LogP contribution in [-0.4, -0.2) is 0 Å². The van der Waals surface area contributed by atoms with E-state index >= 15 is 0 Å². The Labute approximate surface area is 141 Å². The Morgan fingerprint density at radius 3 is 2.52 bits per heavy atom. The van der Waals surface area contributed by atoms with E-state index in [2.05, 4.69) is 26.7 Å². The molecular formula is C22H29F. The first-order valence-electron chi connectivity index (χ1n) is 8.49. The molecule has 0 amide bonds.